The molecule has 0 spiro atoms. The summed E-state index contributed by atoms with van der Waals surface area (Å²) >= 11 is 0. The van der Waals surface area contributed by atoms with E-state index in [4.69, 9.17) is 4.74 Å². The predicted octanol–water partition coefficient (Wildman–Crippen LogP) is 2.38. The molecule has 1 saturated carbocycles. The molecule has 0 amide bonds. The number of epoxide rings is 1. The maximum Gasteiger partial charge on any atom is 0.223 e. The number of rotatable bonds is 6. The number of hydrogen-bond acceptors (Lipinski definition) is 8. The van der Waals surface area contributed by atoms with Crippen LogP contribution in [-0.4, -0.2) is 45.4 Å². The molecule has 4 rings (SSSR count). The first-order valence-corrected chi connectivity index (χ1v) is 9.54. The smallest absolute Gasteiger partial charge is 0.223 e. The normalized spacial score (nSPS) is 26.9. The quantitative estimate of drug-likeness (QED) is 0.667. The van der Waals surface area contributed by atoms with Crippen LogP contribution in [0.25, 0.3) is 10.9 Å². The van der Waals surface area contributed by atoms with Gasteiger partial charge in [-0.25, -0.2) is 15.0 Å². The van der Waals surface area contributed by atoms with Crippen molar-refractivity contribution in [1.82, 2.24) is 20.3 Å². The highest BCUT2D eigenvalue weighted by atomic mass is 16.6. The van der Waals surface area contributed by atoms with Gasteiger partial charge in [-0.2, -0.15) is 5.26 Å². The summed E-state index contributed by atoms with van der Waals surface area (Å²) in [6.45, 7) is 6.14. The van der Waals surface area contributed by atoms with Crippen molar-refractivity contribution >= 4 is 22.7 Å². The largest absolute Gasteiger partial charge is 0.366 e. The van der Waals surface area contributed by atoms with Crippen molar-refractivity contribution in [2.45, 2.75) is 70.5 Å². The molecular formula is C19H25N7O. The van der Waals surface area contributed by atoms with Gasteiger partial charge in [-0.05, 0) is 46.1 Å². The molecule has 0 radical (unpaired) electrons. The lowest BCUT2D eigenvalue weighted by atomic mass is 10.2. The molecule has 2 aromatic rings. The lowest BCUT2D eigenvalue weighted by Gasteiger charge is -2.15. The number of hydrogen-bond donors (Lipinski definition) is 3. The Morgan fingerprint density at radius 2 is 2.04 bits per heavy atom. The minimum absolute atomic E-state index is 0.190. The van der Waals surface area contributed by atoms with Crippen molar-refractivity contribution in [2.75, 3.05) is 10.6 Å². The Bertz CT molecular complexity index is 878. The third-order valence-electron chi connectivity index (χ3n) is 4.98. The standard InChI is InChI=1S/C19H25N7O/c1-10(2)22-17-16-12(6-15(8-20)23-17)9-21-19(26-16)25-14-5-4-13(7-14)24-18-11(3)27-18/h6,9-11,13-14,18,24H,4-5,7H2,1-3H3,(H,22,23)(H,21,25,26)/t11?,13-,14-,18?/m0/s1. The Kier molecular flexibility index (Phi) is 4.81. The average Bonchev–Trinajstić information content (AvgIpc) is 3.14. The molecule has 27 heavy (non-hydrogen) atoms. The number of nitrogens with zero attached hydrogens (tertiary/aromatic N) is 4. The number of anilines is 2. The van der Waals surface area contributed by atoms with Gasteiger partial charge in [0.1, 0.15) is 23.5 Å². The van der Waals surface area contributed by atoms with Gasteiger partial charge in [0.2, 0.25) is 5.95 Å². The average molecular weight is 367 g/mol. The highest BCUT2D eigenvalue weighted by Crippen LogP contribution is 2.27. The first-order valence-electron chi connectivity index (χ1n) is 9.54. The molecule has 1 aliphatic carbocycles. The van der Waals surface area contributed by atoms with E-state index in [-0.39, 0.29) is 12.3 Å². The van der Waals surface area contributed by atoms with Gasteiger partial charge in [0.15, 0.2) is 5.82 Å². The van der Waals surface area contributed by atoms with Crippen molar-refractivity contribution in [3.05, 3.63) is 18.0 Å². The van der Waals surface area contributed by atoms with Crippen LogP contribution < -0.4 is 16.0 Å². The van der Waals surface area contributed by atoms with E-state index in [2.05, 4.69) is 43.9 Å². The van der Waals surface area contributed by atoms with E-state index >= 15 is 0 Å². The molecule has 2 aliphatic rings. The van der Waals surface area contributed by atoms with Crippen molar-refractivity contribution in [3.8, 4) is 6.07 Å². The number of fused-ring (bicyclic) bond motifs is 1. The van der Waals surface area contributed by atoms with E-state index < -0.39 is 0 Å². The third-order valence-corrected chi connectivity index (χ3v) is 4.98. The molecule has 1 saturated heterocycles. The van der Waals surface area contributed by atoms with Crippen molar-refractivity contribution in [3.63, 3.8) is 0 Å². The Morgan fingerprint density at radius 3 is 2.74 bits per heavy atom. The zero-order chi connectivity index (χ0) is 19.0. The molecule has 0 aromatic carbocycles. The first-order chi connectivity index (χ1) is 13.0. The van der Waals surface area contributed by atoms with Crippen molar-refractivity contribution < 1.29 is 4.74 Å². The van der Waals surface area contributed by atoms with Gasteiger partial charge in [-0.3, -0.25) is 5.32 Å². The molecule has 3 heterocycles. The lowest BCUT2D eigenvalue weighted by molar-refractivity contribution is 0.328. The number of nitriles is 1. The van der Waals surface area contributed by atoms with Crippen LogP contribution in [-0.2, 0) is 4.74 Å². The fraction of sp³-hybridized carbons (Fsp3) is 0.579. The second kappa shape index (κ2) is 7.25. The van der Waals surface area contributed by atoms with Crippen molar-refractivity contribution in [2.24, 2.45) is 0 Å². The van der Waals surface area contributed by atoms with Gasteiger partial charge >= 0.3 is 0 Å². The van der Waals surface area contributed by atoms with E-state index in [1.54, 1.807) is 12.3 Å². The maximum absolute atomic E-state index is 9.20. The third kappa shape index (κ3) is 4.10. The van der Waals surface area contributed by atoms with Gasteiger partial charge < -0.3 is 15.4 Å². The summed E-state index contributed by atoms with van der Waals surface area (Å²) in [5.41, 5.74) is 1.09. The second-order valence-electron chi connectivity index (χ2n) is 7.68. The fourth-order valence-electron chi connectivity index (χ4n) is 3.58. The van der Waals surface area contributed by atoms with Crippen LogP contribution in [0, 0.1) is 11.3 Å². The highest BCUT2D eigenvalue weighted by molar-refractivity contribution is 5.89. The highest BCUT2D eigenvalue weighted by Gasteiger charge is 2.37. The molecule has 8 heteroatoms. The van der Waals surface area contributed by atoms with E-state index in [0.29, 0.717) is 35.6 Å². The number of ether oxygens (including phenoxy) is 1. The lowest BCUT2D eigenvalue weighted by Crippen LogP contribution is -2.31. The molecule has 1 aliphatic heterocycles. The van der Waals surface area contributed by atoms with E-state index in [9.17, 15) is 5.26 Å². The maximum atomic E-state index is 9.20. The van der Waals surface area contributed by atoms with Gasteiger partial charge in [0, 0.05) is 29.7 Å². The van der Waals surface area contributed by atoms with Gasteiger partial charge in [-0.1, -0.05) is 0 Å². The van der Waals surface area contributed by atoms with Crippen LogP contribution >= 0.6 is 0 Å². The van der Waals surface area contributed by atoms with E-state index in [0.717, 1.165) is 30.2 Å². The molecule has 2 unspecified atom stereocenters. The number of pyridine rings is 1. The fourth-order valence-corrected chi connectivity index (χ4v) is 3.58. The van der Waals surface area contributed by atoms with Gasteiger partial charge in [-0.15, -0.1) is 0 Å². The van der Waals surface area contributed by atoms with Gasteiger partial charge in [0.05, 0.1) is 6.10 Å². The zero-order valence-electron chi connectivity index (χ0n) is 15.9. The van der Waals surface area contributed by atoms with Crippen LogP contribution in [0.3, 0.4) is 0 Å². The summed E-state index contributed by atoms with van der Waals surface area (Å²) in [4.78, 5) is 13.5. The summed E-state index contributed by atoms with van der Waals surface area (Å²) < 4.78 is 5.45. The minimum Gasteiger partial charge on any atom is -0.366 e. The molecule has 2 aromatic heterocycles. The second-order valence-corrected chi connectivity index (χ2v) is 7.68. The summed E-state index contributed by atoms with van der Waals surface area (Å²) in [6, 6.07) is 4.81. The number of aromatic nitrogens is 3. The van der Waals surface area contributed by atoms with E-state index in [1.165, 1.54) is 0 Å². The molecule has 2 fully saturated rings. The summed E-state index contributed by atoms with van der Waals surface area (Å²) in [7, 11) is 0. The summed E-state index contributed by atoms with van der Waals surface area (Å²) in [5, 5.41) is 20.3. The number of nitrogens with one attached hydrogen (secondary N) is 3. The molecule has 3 N–H and O–H groups in total. The van der Waals surface area contributed by atoms with Crippen LogP contribution in [0.2, 0.25) is 0 Å². The molecular weight excluding hydrogens is 342 g/mol. The monoisotopic (exact) mass is 367 g/mol. The zero-order valence-corrected chi connectivity index (χ0v) is 15.9. The van der Waals surface area contributed by atoms with Crippen LogP contribution in [0.1, 0.15) is 45.7 Å². The van der Waals surface area contributed by atoms with Crippen molar-refractivity contribution in [1.29, 1.82) is 5.26 Å². The molecule has 0 bridgehead atoms. The first kappa shape index (κ1) is 17.9. The van der Waals surface area contributed by atoms with Crippen LogP contribution in [0.5, 0.6) is 0 Å². The molecule has 142 valence electrons. The predicted molar refractivity (Wildman–Crippen MR) is 103 cm³/mol. The molecule has 8 nitrogen and oxygen atoms in total. The Morgan fingerprint density at radius 1 is 1.26 bits per heavy atom. The van der Waals surface area contributed by atoms with Crippen LogP contribution in [0.15, 0.2) is 12.3 Å². The minimum atomic E-state index is 0.190. The Balaban J connectivity index is 1.50. The SMILES string of the molecule is CC(C)Nc1nc(C#N)cc2cnc(N[C@H]3CC[C@H](NC4OC4C)C3)nc12. The molecule has 4 atom stereocenters. The summed E-state index contributed by atoms with van der Waals surface area (Å²) in [5.74, 6) is 1.22. The van der Waals surface area contributed by atoms with E-state index in [1.807, 2.05) is 13.8 Å². The Hall–Kier alpha value is -2.50. The Labute approximate surface area is 158 Å². The van der Waals surface area contributed by atoms with Crippen LogP contribution in [0.4, 0.5) is 11.8 Å². The topological polar surface area (TPSA) is 111 Å². The summed E-state index contributed by atoms with van der Waals surface area (Å²) in [6.07, 6.45) is 5.52. The van der Waals surface area contributed by atoms with Gasteiger partial charge in [0.25, 0.3) is 0 Å².